The van der Waals surface area contributed by atoms with Crippen molar-refractivity contribution in [2.45, 2.75) is 47.1 Å². The number of rotatable bonds is 6. The first-order chi connectivity index (χ1) is 9.02. The summed E-state index contributed by atoms with van der Waals surface area (Å²) in [6, 6.07) is 0. The average molecular weight is 410 g/mol. The third kappa shape index (κ3) is 7.42. The minimum absolute atomic E-state index is 0. The first-order valence-electron chi connectivity index (χ1n) is 6.90. The number of aliphatic imine (C=N–C) groups is 1. The molecular weight excluding hydrogens is 383 g/mol. The Morgan fingerprint density at radius 2 is 2.00 bits per heavy atom. The summed E-state index contributed by atoms with van der Waals surface area (Å²) in [7, 11) is 1.80. The number of thiazole rings is 1. The van der Waals surface area contributed by atoms with Crippen LogP contribution in [0.2, 0.25) is 0 Å². The lowest BCUT2D eigenvalue weighted by molar-refractivity contribution is 0.549. The summed E-state index contributed by atoms with van der Waals surface area (Å²) in [4.78, 5) is 10.0. The monoisotopic (exact) mass is 410 g/mol. The predicted octanol–water partition coefficient (Wildman–Crippen LogP) is 3.48. The molecule has 1 aromatic heterocycles. The molecule has 0 unspecified atom stereocenters. The van der Waals surface area contributed by atoms with Gasteiger partial charge in [-0.15, -0.1) is 35.3 Å². The molecule has 0 aliphatic rings. The fourth-order valence-corrected chi connectivity index (χ4v) is 2.59. The van der Waals surface area contributed by atoms with Gasteiger partial charge in [-0.25, -0.2) is 4.98 Å². The summed E-state index contributed by atoms with van der Waals surface area (Å²) in [5.41, 5.74) is 1.13. The maximum Gasteiger partial charge on any atom is 0.191 e. The number of nitrogens with one attached hydrogen (secondary N) is 2. The van der Waals surface area contributed by atoms with Crippen molar-refractivity contribution in [3.05, 3.63) is 15.6 Å². The van der Waals surface area contributed by atoms with E-state index in [-0.39, 0.29) is 24.0 Å². The standard InChI is InChI=1S/C14H26N4S.HI/c1-10(2)7-6-8-16-14(15-5)17-9-13-18-11(3)12(4)19-13;/h10H,6-9H2,1-5H3,(H2,15,16,17);1H. The molecule has 0 amide bonds. The minimum Gasteiger partial charge on any atom is -0.356 e. The number of aryl methyl sites for hydroxylation is 2. The maximum atomic E-state index is 4.51. The van der Waals surface area contributed by atoms with Gasteiger partial charge in [-0.3, -0.25) is 4.99 Å². The van der Waals surface area contributed by atoms with Gasteiger partial charge in [-0.05, 0) is 32.6 Å². The van der Waals surface area contributed by atoms with Crippen molar-refractivity contribution in [1.29, 1.82) is 0 Å². The van der Waals surface area contributed by atoms with Crippen LogP contribution < -0.4 is 10.6 Å². The highest BCUT2D eigenvalue weighted by molar-refractivity contribution is 14.0. The van der Waals surface area contributed by atoms with Gasteiger partial charge >= 0.3 is 0 Å². The smallest absolute Gasteiger partial charge is 0.191 e. The first kappa shape index (κ1) is 19.6. The largest absolute Gasteiger partial charge is 0.356 e. The van der Waals surface area contributed by atoms with Gasteiger partial charge < -0.3 is 10.6 Å². The molecule has 0 aliphatic heterocycles. The van der Waals surface area contributed by atoms with Gasteiger partial charge in [0, 0.05) is 18.5 Å². The SMILES string of the molecule is CN=C(NCCCC(C)C)NCc1nc(C)c(C)s1.I. The zero-order chi connectivity index (χ0) is 14.3. The number of halogens is 1. The van der Waals surface area contributed by atoms with E-state index in [0.29, 0.717) is 0 Å². The Labute approximate surface area is 143 Å². The van der Waals surface area contributed by atoms with Crippen LogP contribution in [0.3, 0.4) is 0 Å². The van der Waals surface area contributed by atoms with E-state index >= 15 is 0 Å². The molecule has 0 saturated heterocycles. The number of aromatic nitrogens is 1. The topological polar surface area (TPSA) is 49.3 Å². The molecule has 0 saturated carbocycles. The third-order valence-corrected chi connectivity index (χ3v) is 4.03. The first-order valence-corrected chi connectivity index (χ1v) is 7.72. The molecule has 6 heteroatoms. The zero-order valence-electron chi connectivity index (χ0n) is 13.1. The highest BCUT2D eigenvalue weighted by atomic mass is 127. The normalized spacial score (nSPS) is 11.4. The molecule has 116 valence electrons. The molecule has 0 atom stereocenters. The van der Waals surface area contributed by atoms with E-state index in [1.54, 1.807) is 18.4 Å². The van der Waals surface area contributed by atoms with E-state index in [1.165, 1.54) is 17.7 Å². The Morgan fingerprint density at radius 1 is 1.30 bits per heavy atom. The molecule has 1 heterocycles. The Hall–Kier alpha value is -0.370. The Bertz CT molecular complexity index is 396. The number of guanidine groups is 1. The second-order valence-corrected chi connectivity index (χ2v) is 6.43. The summed E-state index contributed by atoms with van der Waals surface area (Å²) < 4.78 is 0. The molecular formula is C14H27IN4S. The Morgan fingerprint density at radius 3 is 2.50 bits per heavy atom. The molecule has 0 aliphatic carbocycles. The van der Waals surface area contributed by atoms with E-state index in [4.69, 9.17) is 0 Å². The van der Waals surface area contributed by atoms with Gasteiger partial charge in [-0.1, -0.05) is 13.8 Å². The lowest BCUT2D eigenvalue weighted by Gasteiger charge is -2.11. The van der Waals surface area contributed by atoms with Crippen molar-refractivity contribution in [3.8, 4) is 0 Å². The van der Waals surface area contributed by atoms with Gasteiger partial charge in [0.15, 0.2) is 5.96 Å². The van der Waals surface area contributed by atoms with E-state index in [2.05, 4.69) is 41.4 Å². The molecule has 1 aromatic rings. The van der Waals surface area contributed by atoms with Crippen LogP contribution >= 0.6 is 35.3 Å². The van der Waals surface area contributed by atoms with Gasteiger partial charge in [-0.2, -0.15) is 0 Å². The van der Waals surface area contributed by atoms with Crippen LogP contribution in [0.25, 0.3) is 0 Å². The number of hydrogen-bond acceptors (Lipinski definition) is 3. The molecule has 0 spiro atoms. The molecule has 0 fully saturated rings. The summed E-state index contributed by atoms with van der Waals surface area (Å²) in [6.45, 7) is 10.4. The van der Waals surface area contributed by atoms with E-state index < -0.39 is 0 Å². The summed E-state index contributed by atoms with van der Waals surface area (Å²) in [5.74, 6) is 1.62. The fraction of sp³-hybridized carbons (Fsp3) is 0.714. The molecule has 1 rings (SSSR count). The summed E-state index contributed by atoms with van der Waals surface area (Å²) in [6.07, 6.45) is 2.42. The van der Waals surface area contributed by atoms with Crippen molar-refractivity contribution >= 4 is 41.3 Å². The Balaban J connectivity index is 0.00000361. The lowest BCUT2D eigenvalue weighted by Crippen LogP contribution is -2.37. The van der Waals surface area contributed by atoms with Crippen molar-refractivity contribution in [2.75, 3.05) is 13.6 Å². The van der Waals surface area contributed by atoms with Crippen LogP contribution in [-0.2, 0) is 6.54 Å². The minimum atomic E-state index is 0. The number of nitrogens with zero attached hydrogens (tertiary/aromatic N) is 2. The molecule has 4 nitrogen and oxygen atoms in total. The van der Waals surface area contributed by atoms with Crippen LogP contribution in [0, 0.1) is 19.8 Å². The maximum absolute atomic E-state index is 4.51. The van der Waals surface area contributed by atoms with E-state index in [9.17, 15) is 0 Å². The van der Waals surface area contributed by atoms with Crippen molar-refractivity contribution in [2.24, 2.45) is 10.9 Å². The highest BCUT2D eigenvalue weighted by Gasteiger charge is 2.04. The van der Waals surface area contributed by atoms with Crippen LogP contribution in [0.4, 0.5) is 0 Å². The van der Waals surface area contributed by atoms with Gasteiger partial charge in [0.25, 0.3) is 0 Å². The zero-order valence-corrected chi connectivity index (χ0v) is 16.3. The highest BCUT2D eigenvalue weighted by Crippen LogP contribution is 2.15. The Kier molecular flexibility index (Phi) is 10.2. The predicted molar refractivity (Wildman–Crippen MR) is 99.3 cm³/mol. The number of hydrogen-bond donors (Lipinski definition) is 2. The van der Waals surface area contributed by atoms with Crippen molar-refractivity contribution < 1.29 is 0 Å². The van der Waals surface area contributed by atoms with Gasteiger partial charge in [0.2, 0.25) is 0 Å². The molecule has 20 heavy (non-hydrogen) atoms. The van der Waals surface area contributed by atoms with Crippen LogP contribution in [0.5, 0.6) is 0 Å². The third-order valence-electron chi connectivity index (χ3n) is 2.95. The van der Waals surface area contributed by atoms with Gasteiger partial charge in [0.05, 0.1) is 12.2 Å². The average Bonchev–Trinajstić information content (AvgIpc) is 2.67. The van der Waals surface area contributed by atoms with Crippen molar-refractivity contribution in [1.82, 2.24) is 15.6 Å². The fourth-order valence-electron chi connectivity index (χ4n) is 1.71. The van der Waals surface area contributed by atoms with Crippen molar-refractivity contribution in [3.63, 3.8) is 0 Å². The van der Waals surface area contributed by atoms with Crippen LogP contribution in [-0.4, -0.2) is 24.5 Å². The van der Waals surface area contributed by atoms with Crippen LogP contribution in [0.1, 0.15) is 42.3 Å². The second-order valence-electron chi connectivity index (χ2n) is 5.14. The lowest BCUT2D eigenvalue weighted by atomic mass is 10.1. The second kappa shape index (κ2) is 10.4. The van der Waals surface area contributed by atoms with E-state index in [0.717, 1.165) is 35.7 Å². The van der Waals surface area contributed by atoms with Gasteiger partial charge in [0.1, 0.15) is 5.01 Å². The summed E-state index contributed by atoms with van der Waals surface area (Å²) >= 11 is 1.74. The molecule has 2 N–H and O–H groups in total. The van der Waals surface area contributed by atoms with E-state index in [1.807, 2.05) is 6.92 Å². The molecule has 0 aromatic carbocycles. The molecule has 0 bridgehead atoms. The summed E-state index contributed by atoms with van der Waals surface area (Å²) in [5, 5.41) is 7.74. The molecule has 0 radical (unpaired) electrons. The quantitative estimate of drug-likeness (QED) is 0.327. The van der Waals surface area contributed by atoms with Crippen LogP contribution in [0.15, 0.2) is 4.99 Å².